The van der Waals surface area contributed by atoms with Crippen molar-refractivity contribution in [2.45, 2.75) is 45.2 Å². The third-order valence-electron chi connectivity index (χ3n) is 7.35. The van der Waals surface area contributed by atoms with E-state index in [1.54, 1.807) is 12.1 Å². The van der Waals surface area contributed by atoms with Crippen molar-refractivity contribution in [2.24, 2.45) is 0 Å². The van der Waals surface area contributed by atoms with Gasteiger partial charge in [-0.25, -0.2) is 18.7 Å². The van der Waals surface area contributed by atoms with Crippen LogP contribution in [-0.2, 0) is 6.42 Å². The standard InChI is InChI=1S/C28H34F2N6O/c1-18(2)36-9-10-37-28-24(29)11-19(12-26(28)36)23-13-20(31-17-25(23)30)14-27-32-15-22(16-33-27)35-7-5-21(6-8-35)34(3)4/h11-13,15-18,21H,5-10,14H2,1-4H3. The molecule has 2 aliphatic heterocycles. The fourth-order valence-corrected chi connectivity index (χ4v) is 5.20. The van der Waals surface area contributed by atoms with E-state index in [4.69, 9.17) is 4.74 Å². The Hall–Kier alpha value is -3.33. The Morgan fingerprint density at radius 1 is 0.973 bits per heavy atom. The van der Waals surface area contributed by atoms with Crippen LogP contribution in [0.2, 0.25) is 0 Å². The van der Waals surface area contributed by atoms with Gasteiger partial charge in [0, 0.05) is 36.4 Å². The summed E-state index contributed by atoms with van der Waals surface area (Å²) in [7, 11) is 4.26. The van der Waals surface area contributed by atoms with Gasteiger partial charge in [-0.2, -0.15) is 0 Å². The first-order chi connectivity index (χ1) is 17.8. The summed E-state index contributed by atoms with van der Waals surface area (Å²) in [5.74, 6) is -0.178. The van der Waals surface area contributed by atoms with Crippen molar-refractivity contribution >= 4 is 11.4 Å². The lowest BCUT2D eigenvalue weighted by atomic mass is 10.0. The van der Waals surface area contributed by atoms with Crippen molar-refractivity contribution in [1.29, 1.82) is 0 Å². The van der Waals surface area contributed by atoms with Gasteiger partial charge in [-0.15, -0.1) is 0 Å². The smallest absolute Gasteiger partial charge is 0.178 e. The average molecular weight is 509 g/mol. The third kappa shape index (κ3) is 5.37. The van der Waals surface area contributed by atoms with Crippen LogP contribution in [-0.4, -0.2) is 72.3 Å². The Kier molecular flexibility index (Phi) is 7.24. The molecular formula is C28H34F2N6O. The summed E-state index contributed by atoms with van der Waals surface area (Å²) in [6.07, 6.45) is 7.46. The van der Waals surface area contributed by atoms with Gasteiger partial charge in [0.15, 0.2) is 11.6 Å². The third-order valence-corrected chi connectivity index (χ3v) is 7.35. The van der Waals surface area contributed by atoms with Gasteiger partial charge in [0.05, 0.1) is 42.9 Å². The SMILES string of the molecule is CC(C)N1CCOc2c(F)cc(-c3cc(Cc4ncc(N5CCC(N(C)C)CC5)cn4)ncc3F)cc21. The minimum Gasteiger partial charge on any atom is -0.486 e. The number of anilines is 2. The lowest BCUT2D eigenvalue weighted by Gasteiger charge is -2.36. The molecule has 7 nitrogen and oxygen atoms in total. The zero-order chi connectivity index (χ0) is 26.1. The zero-order valence-electron chi connectivity index (χ0n) is 21.9. The lowest BCUT2D eigenvalue weighted by molar-refractivity contribution is 0.249. The largest absolute Gasteiger partial charge is 0.486 e. The Morgan fingerprint density at radius 3 is 2.38 bits per heavy atom. The summed E-state index contributed by atoms with van der Waals surface area (Å²) >= 11 is 0. The molecule has 0 atom stereocenters. The normalized spacial score (nSPS) is 16.3. The van der Waals surface area contributed by atoms with Gasteiger partial charge >= 0.3 is 0 Å². The Morgan fingerprint density at radius 2 is 1.70 bits per heavy atom. The molecule has 1 saturated heterocycles. The number of pyridine rings is 1. The van der Waals surface area contributed by atoms with Crippen LogP contribution in [0.3, 0.4) is 0 Å². The predicted molar refractivity (Wildman–Crippen MR) is 141 cm³/mol. The highest BCUT2D eigenvalue weighted by molar-refractivity contribution is 5.74. The fraction of sp³-hybridized carbons (Fsp3) is 0.464. The van der Waals surface area contributed by atoms with Crippen molar-refractivity contribution < 1.29 is 13.5 Å². The molecule has 37 heavy (non-hydrogen) atoms. The van der Waals surface area contributed by atoms with Crippen LogP contribution in [0.5, 0.6) is 5.75 Å². The number of rotatable bonds is 6. The molecule has 0 unspecified atom stereocenters. The molecule has 2 aliphatic rings. The number of halogens is 2. The zero-order valence-corrected chi connectivity index (χ0v) is 21.9. The van der Waals surface area contributed by atoms with E-state index in [9.17, 15) is 8.78 Å². The average Bonchev–Trinajstić information content (AvgIpc) is 2.90. The second kappa shape index (κ2) is 10.6. The Labute approximate surface area is 217 Å². The quantitative estimate of drug-likeness (QED) is 0.484. The van der Waals surface area contributed by atoms with Crippen LogP contribution in [0.25, 0.3) is 11.1 Å². The van der Waals surface area contributed by atoms with Crippen molar-refractivity contribution in [1.82, 2.24) is 19.9 Å². The van der Waals surface area contributed by atoms with E-state index in [1.165, 1.54) is 12.3 Å². The number of fused-ring (bicyclic) bond motifs is 1. The summed E-state index contributed by atoms with van der Waals surface area (Å²) in [5.41, 5.74) is 3.01. The summed E-state index contributed by atoms with van der Waals surface area (Å²) in [6.45, 7) is 7.11. The first-order valence-corrected chi connectivity index (χ1v) is 12.9. The number of hydrogen-bond acceptors (Lipinski definition) is 7. The second-order valence-corrected chi connectivity index (χ2v) is 10.3. The lowest BCUT2D eigenvalue weighted by Crippen LogP contribution is -2.42. The van der Waals surface area contributed by atoms with E-state index in [2.05, 4.69) is 43.7 Å². The van der Waals surface area contributed by atoms with Gasteiger partial charge < -0.3 is 19.4 Å². The maximum atomic E-state index is 15.0. The minimum absolute atomic E-state index is 0.162. The highest BCUT2D eigenvalue weighted by Crippen LogP contribution is 2.39. The summed E-state index contributed by atoms with van der Waals surface area (Å²) < 4.78 is 35.4. The fourth-order valence-electron chi connectivity index (χ4n) is 5.20. The van der Waals surface area contributed by atoms with E-state index in [1.807, 2.05) is 26.2 Å². The molecule has 9 heteroatoms. The minimum atomic E-state index is -0.506. The molecule has 0 saturated carbocycles. The van der Waals surface area contributed by atoms with E-state index in [0.717, 1.165) is 31.6 Å². The van der Waals surface area contributed by atoms with Gasteiger partial charge in [0.1, 0.15) is 18.2 Å². The first kappa shape index (κ1) is 25.3. The van der Waals surface area contributed by atoms with E-state index in [-0.39, 0.29) is 11.8 Å². The number of piperidine rings is 1. The van der Waals surface area contributed by atoms with Crippen molar-refractivity contribution in [2.75, 3.05) is 50.1 Å². The van der Waals surface area contributed by atoms with Crippen LogP contribution in [0.4, 0.5) is 20.2 Å². The molecule has 5 rings (SSSR count). The Balaban J connectivity index is 1.35. The molecule has 0 bridgehead atoms. The molecule has 0 amide bonds. The maximum absolute atomic E-state index is 15.0. The van der Waals surface area contributed by atoms with Crippen molar-refractivity contribution in [3.63, 3.8) is 0 Å². The van der Waals surface area contributed by atoms with E-state index in [0.29, 0.717) is 53.9 Å². The number of ether oxygens (including phenoxy) is 1. The Bertz CT molecular complexity index is 1240. The van der Waals surface area contributed by atoms with Gasteiger partial charge in [-0.05, 0) is 64.5 Å². The monoisotopic (exact) mass is 508 g/mol. The van der Waals surface area contributed by atoms with E-state index >= 15 is 0 Å². The van der Waals surface area contributed by atoms with Gasteiger partial charge in [0.25, 0.3) is 0 Å². The predicted octanol–water partition coefficient (Wildman–Crippen LogP) is 4.55. The molecular weight excluding hydrogens is 474 g/mol. The van der Waals surface area contributed by atoms with Gasteiger partial charge in [0.2, 0.25) is 0 Å². The van der Waals surface area contributed by atoms with Crippen LogP contribution in [0.1, 0.15) is 38.2 Å². The molecule has 1 fully saturated rings. The second-order valence-electron chi connectivity index (χ2n) is 10.3. The molecule has 196 valence electrons. The molecule has 0 aliphatic carbocycles. The van der Waals surface area contributed by atoms with Gasteiger partial charge in [-0.3, -0.25) is 4.98 Å². The molecule has 2 aromatic heterocycles. The van der Waals surface area contributed by atoms with Crippen LogP contribution < -0.4 is 14.5 Å². The number of hydrogen-bond donors (Lipinski definition) is 0. The van der Waals surface area contributed by atoms with Gasteiger partial charge in [-0.1, -0.05) is 0 Å². The van der Waals surface area contributed by atoms with Crippen LogP contribution >= 0.6 is 0 Å². The topological polar surface area (TPSA) is 57.6 Å². The molecule has 3 aromatic rings. The first-order valence-electron chi connectivity index (χ1n) is 12.9. The molecule has 0 radical (unpaired) electrons. The van der Waals surface area contributed by atoms with Crippen LogP contribution in [0, 0.1) is 11.6 Å². The highest BCUT2D eigenvalue weighted by atomic mass is 19.1. The molecule has 0 N–H and O–H groups in total. The molecule has 0 spiro atoms. The maximum Gasteiger partial charge on any atom is 0.178 e. The van der Waals surface area contributed by atoms with Crippen LogP contribution in [0.15, 0.2) is 36.8 Å². The number of benzene rings is 1. The number of aromatic nitrogens is 3. The van der Waals surface area contributed by atoms with Crippen molar-refractivity contribution in [3.05, 3.63) is 59.9 Å². The molecule has 1 aromatic carbocycles. The summed E-state index contributed by atoms with van der Waals surface area (Å²) in [4.78, 5) is 20.0. The molecule has 4 heterocycles. The van der Waals surface area contributed by atoms with E-state index < -0.39 is 11.6 Å². The highest BCUT2D eigenvalue weighted by Gasteiger charge is 2.25. The summed E-state index contributed by atoms with van der Waals surface area (Å²) in [6, 6.07) is 5.55. The summed E-state index contributed by atoms with van der Waals surface area (Å²) in [5, 5.41) is 0. The number of nitrogens with zero attached hydrogens (tertiary/aromatic N) is 6. The van der Waals surface area contributed by atoms with Crippen molar-refractivity contribution in [3.8, 4) is 16.9 Å².